The largest absolute Gasteiger partial charge is 0.497 e. The minimum atomic E-state index is -0.0396. The zero-order chi connectivity index (χ0) is 16.7. The van der Waals surface area contributed by atoms with Gasteiger partial charge >= 0.3 is 0 Å². The van der Waals surface area contributed by atoms with E-state index in [9.17, 15) is 4.79 Å². The van der Waals surface area contributed by atoms with Gasteiger partial charge in [0.2, 0.25) is 5.91 Å². The van der Waals surface area contributed by atoms with Crippen molar-refractivity contribution in [3.8, 4) is 5.75 Å². The molecule has 0 spiro atoms. The lowest BCUT2D eigenvalue weighted by molar-refractivity contribution is -0.122. The molecule has 0 saturated carbocycles. The van der Waals surface area contributed by atoms with Crippen LogP contribution < -0.4 is 15.0 Å². The van der Waals surface area contributed by atoms with Gasteiger partial charge in [-0.25, -0.2) is 0 Å². The number of ether oxygens (including phenoxy) is 1. The summed E-state index contributed by atoms with van der Waals surface area (Å²) in [4.78, 5) is 15.1. The van der Waals surface area contributed by atoms with Crippen LogP contribution in [0.5, 0.6) is 5.75 Å². The Kier molecular flexibility index (Phi) is 3.76. The molecule has 2 aliphatic heterocycles. The lowest BCUT2D eigenvalue weighted by Crippen LogP contribution is -2.37. The van der Waals surface area contributed by atoms with Crippen molar-refractivity contribution in [3.05, 3.63) is 41.7 Å². The van der Waals surface area contributed by atoms with Gasteiger partial charge in [0.15, 0.2) is 0 Å². The molecular weight excluding hydrogens is 304 g/mol. The van der Waals surface area contributed by atoms with Gasteiger partial charge in [-0.05, 0) is 35.7 Å². The molecule has 6 heteroatoms. The van der Waals surface area contributed by atoms with E-state index in [0.717, 1.165) is 43.1 Å². The summed E-state index contributed by atoms with van der Waals surface area (Å²) in [6.07, 6.45) is 4.78. The van der Waals surface area contributed by atoms with E-state index in [-0.39, 0.29) is 17.7 Å². The van der Waals surface area contributed by atoms with Crippen LogP contribution in [0.4, 0.5) is 5.69 Å². The second-order valence-electron chi connectivity index (χ2n) is 6.55. The first-order chi connectivity index (χ1) is 11.7. The number of nitrogens with zero attached hydrogens (tertiary/aromatic N) is 3. The Bertz CT molecular complexity index is 770. The Morgan fingerprint density at radius 1 is 1.38 bits per heavy atom. The van der Waals surface area contributed by atoms with Crippen LogP contribution in [-0.2, 0) is 18.3 Å². The van der Waals surface area contributed by atoms with Gasteiger partial charge in [0.1, 0.15) is 5.75 Å². The van der Waals surface area contributed by atoms with Crippen molar-refractivity contribution in [2.45, 2.75) is 12.3 Å². The molecule has 1 aromatic carbocycles. The number of nitrogens with one attached hydrogen (secondary N) is 1. The number of fused-ring (bicyclic) bond motifs is 1. The lowest BCUT2D eigenvalue weighted by Gasteiger charge is -2.24. The summed E-state index contributed by atoms with van der Waals surface area (Å²) in [5.74, 6) is 1.20. The highest BCUT2D eigenvalue weighted by Gasteiger charge is 2.39. The summed E-state index contributed by atoms with van der Waals surface area (Å²) in [5, 5.41) is 7.63. The van der Waals surface area contributed by atoms with Crippen molar-refractivity contribution in [1.82, 2.24) is 15.1 Å². The third-order valence-electron chi connectivity index (χ3n) is 5.13. The van der Waals surface area contributed by atoms with E-state index < -0.39 is 0 Å². The Balaban J connectivity index is 1.58. The number of rotatable bonds is 3. The maximum Gasteiger partial charge on any atom is 0.232 e. The first kappa shape index (κ1) is 15.2. The van der Waals surface area contributed by atoms with Crippen LogP contribution in [-0.4, -0.2) is 42.4 Å². The molecule has 1 N–H and O–H groups in total. The van der Waals surface area contributed by atoms with Crippen molar-refractivity contribution in [3.63, 3.8) is 0 Å². The van der Waals surface area contributed by atoms with Crippen molar-refractivity contribution in [2.75, 3.05) is 31.6 Å². The normalized spacial score (nSPS) is 22.7. The molecule has 0 unspecified atom stereocenters. The fourth-order valence-corrected chi connectivity index (χ4v) is 3.85. The van der Waals surface area contributed by atoms with Gasteiger partial charge in [0, 0.05) is 44.5 Å². The zero-order valence-corrected chi connectivity index (χ0v) is 14.0. The molecule has 24 heavy (non-hydrogen) atoms. The second-order valence-corrected chi connectivity index (χ2v) is 6.55. The summed E-state index contributed by atoms with van der Waals surface area (Å²) in [5.41, 5.74) is 3.35. The van der Waals surface area contributed by atoms with E-state index in [2.05, 4.69) is 10.4 Å². The monoisotopic (exact) mass is 326 g/mol. The number of aryl methyl sites for hydroxylation is 1. The third kappa shape index (κ3) is 2.47. The van der Waals surface area contributed by atoms with Crippen molar-refractivity contribution in [2.24, 2.45) is 13.0 Å². The predicted molar refractivity (Wildman–Crippen MR) is 91.4 cm³/mol. The maximum atomic E-state index is 13.2. The van der Waals surface area contributed by atoms with Gasteiger partial charge in [0.25, 0.3) is 0 Å². The van der Waals surface area contributed by atoms with Gasteiger partial charge in [-0.2, -0.15) is 5.10 Å². The Hall–Kier alpha value is -2.34. The van der Waals surface area contributed by atoms with E-state index in [0.29, 0.717) is 0 Å². The number of methoxy groups -OCH3 is 1. The number of anilines is 1. The summed E-state index contributed by atoms with van der Waals surface area (Å²) >= 11 is 0. The zero-order valence-electron chi connectivity index (χ0n) is 14.0. The van der Waals surface area contributed by atoms with Crippen LogP contribution in [0.2, 0.25) is 0 Å². The maximum absolute atomic E-state index is 13.2. The number of aromatic nitrogens is 2. The number of hydrogen-bond acceptors (Lipinski definition) is 4. The van der Waals surface area contributed by atoms with E-state index in [1.807, 2.05) is 42.5 Å². The summed E-state index contributed by atoms with van der Waals surface area (Å²) < 4.78 is 7.09. The smallest absolute Gasteiger partial charge is 0.232 e. The Morgan fingerprint density at radius 2 is 2.25 bits per heavy atom. The molecule has 6 nitrogen and oxygen atoms in total. The summed E-state index contributed by atoms with van der Waals surface area (Å²) in [7, 11) is 3.58. The molecule has 2 atom stereocenters. The molecule has 126 valence electrons. The fourth-order valence-electron chi connectivity index (χ4n) is 3.85. The average molecular weight is 326 g/mol. The number of benzene rings is 1. The van der Waals surface area contributed by atoms with Crippen LogP contribution in [0.25, 0.3) is 0 Å². The molecule has 1 fully saturated rings. The quantitative estimate of drug-likeness (QED) is 0.924. The second kappa shape index (κ2) is 5.94. The Labute approximate surface area is 141 Å². The van der Waals surface area contributed by atoms with E-state index >= 15 is 0 Å². The molecule has 0 aliphatic carbocycles. The van der Waals surface area contributed by atoms with Crippen LogP contribution >= 0.6 is 0 Å². The minimum Gasteiger partial charge on any atom is -0.497 e. The molecular formula is C18H22N4O2. The van der Waals surface area contributed by atoms with Gasteiger partial charge < -0.3 is 15.0 Å². The molecule has 4 rings (SSSR count). The van der Waals surface area contributed by atoms with Gasteiger partial charge in [-0.1, -0.05) is 0 Å². The van der Waals surface area contributed by atoms with Gasteiger partial charge in [0.05, 0.1) is 19.2 Å². The number of carbonyl (C=O) groups excluding carboxylic acids is 1. The standard InChI is InChI=1S/C18H22N4O2/c1-21-11-13(8-20-21)15-9-19-10-16(15)18(23)22-6-5-12-7-14(24-2)3-4-17(12)22/h3-4,7-8,11,15-16,19H,5-6,9-10H2,1-2H3/t15-,16+/m1/s1. The van der Waals surface area contributed by atoms with Crippen LogP contribution in [0, 0.1) is 5.92 Å². The van der Waals surface area contributed by atoms with Gasteiger partial charge in [-0.3, -0.25) is 9.48 Å². The molecule has 3 heterocycles. The van der Waals surface area contributed by atoms with Crippen molar-refractivity contribution in [1.29, 1.82) is 0 Å². The summed E-state index contributed by atoms with van der Waals surface area (Å²) in [6.45, 7) is 2.30. The SMILES string of the molecule is COc1ccc2c(c1)CCN2C(=O)[C@H]1CNC[C@@H]1c1cnn(C)c1. The van der Waals surface area contributed by atoms with Gasteiger partial charge in [-0.15, -0.1) is 0 Å². The Morgan fingerprint density at radius 3 is 3.00 bits per heavy atom. The van der Waals surface area contributed by atoms with Crippen molar-refractivity contribution < 1.29 is 9.53 Å². The molecule has 1 saturated heterocycles. The van der Waals surface area contributed by atoms with Crippen LogP contribution in [0.3, 0.4) is 0 Å². The average Bonchev–Trinajstić information content (AvgIpc) is 3.32. The first-order valence-electron chi connectivity index (χ1n) is 8.35. The van der Waals surface area contributed by atoms with E-state index in [1.165, 1.54) is 5.56 Å². The van der Waals surface area contributed by atoms with E-state index in [4.69, 9.17) is 4.74 Å². The molecule has 1 amide bonds. The molecule has 0 bridgehead atoms. The van der Waals surface area contributed by atoms with E-state index in [1.54, 1.807) is 11.8 Å². The highest BCUT2D eigenvalue weighted by atomic mass is 16.5. The predicted octanol–water partition coefficient (Wildman–Crippen LogP) is 1.32. The number of hydrogen-bond donors (Lipinski definition) is 1. The molecule has 0 radical (unpaired) electrons. The number of amides is 1. The summed E-state index contributed by atoms with van der Waals surface area (Å²) in [6, 6.07) is 5.96. The number of carbonyl (C=O) groups is 1. The molecule has 2 aliphatic rings. The first-order valence-corrected chi connectivity index (χ1v) is 8.35. The highest BCUT2D eigenvalue weighted by Crippen LogP contribution is 2.35. The van der Waals surface area contributed by atoms with Crippen molar-refractivity contribution >= 4 is 11.6 Å². The third-order valence-corrected chi connectivity index (χ3v) is 5.13. The highest BCUT2D eigenvalue weighted by molar-refractivity contribution is 5.98. The molecule has 2 aromatic rings. The lowest BCUT2D eigenvalue weighted by atomic mass is 9.90. The van der Waals surface area contributed by atoms with Crippen LogP contribution in [0.15, 0.2) is 30.6 Å². The topological polar surface area (TPSA) is 59.4 Å². The molecule has 1 aromatic heterocycles. The fraction of sp³-hybridized carbons (Fsp3) is 0.444. The minimum absolute atomic E-state index is 0.0396. The van der Waals surface area contributed by atoms with Crippen LogP contribution in [0.1, 0.15) is 17.0 Å².